The maximum absolute atomic E-state index is 10.5. The zero-order chi connectivity index (χ0) is 12.1. The number of aliphatic carboxylic acids is 2. The fourth-order valence-electron chi connectivity index (χ4n) is 0.917. The first kappa shape index (κ1) is 12.3. The van der Waals surface area contributed by atoms with Gasteiger partial charge in [-0.1, -0.05) is 15.9 Å². The molecule has 1 rings (SSSR count). The summed E-state index contributed by atoms with van der Waals surface area (Å²) in [5.74, 6) is -2.98. The zero-order valence-electron chi connectivity index (χ0n) is 7.98. The van der Waals surface area contributed by atoms with Crippen molar-refractivity contribution < 1.29 is 19.8 Å². The highest BCUT2D eigenvalue weighted by Gasteiger charge is 2.15. The van der Waals surface area contributed by atoms with Gasteiger partial charge in [-0.05, 0) is 24.3 Å². The van der Waals surface area contributed by atoms with Gasteiger partial charge in [0, 0.05) is 16.4 Å². The highest BCUT2D eigenvalue weighted by molar-refractivity contribution is 9.10. The molecule has 0 heterocycles. The van der Waals surface area contributed by atoms with E-state index in [1.807, 2.05) is 0 Å². The molecule has 3 N–H and O–H groups in total. The van der Waals surface area contributed by atoms with Crippen molar-refractivity contribution in [3.8, 4) is 0 Å². The summed E-state index contributed by atoms with van der Waals surface area (Å²) in [7, 11) is 0. The molecule has 0 saturated heterocycles. The molecule has 5 nitrogen and oxygen atoms in total. The minimum absolute atomic E-state index is 0.600. The van der Waals surface area contributed by atoms with E-state index in [1.54, 1.807) is 24.3 Å². The van der Waals surface area contributed by atoms with Crippen LogP contribution in [-0.4, -0.2) is 22.2 Å². The molecule has 0 aliphatic heterocycles. The number of carboxylic acids is 2. The highest BCUT2D eigenvalue weighted by atomic mass is 79.9. The van der Waals surface area contributed by atoms with Gasteiger partial charge < -0.3 is 15.5 Å². The van der Waals surface area contributed by atoms with Crippen LogP contribution in [0.15, 0.2) is 40.5 Å². The Labute approximate surface area is 99.5 Å². The number of anilines is 1. The van der Waals surface area contributed by atoms with Crippen molar-refractivity contribution in [2.45, 2.75) is 0 Å². The van der Waals surface area contributed by atoms with Gasteiger partial charge in [-0.15, -0.1) is 0 Å². The fraction of sp³-hybridized carbons (Fsp3) is 0. The first-order chi connectivity index (χ1) is 7.50. The molecule has 0 radical (unpaired) electrons. The minimum Gasteiger partial charge on any atom is -0.477 e. The number of nitrogens with one attached hydrogen (secondary N) is 1. The Balaban J connectivity index is 2.81. The Kier molecular flexibility index (Phi) is 4.07. The van der Waals surface area contributed by atoms with Crippen molar-refractivity contribution in [2.24, 2.45) is 0 Å². The number of halogens is 1. The molecule has 16 heavy (non-hydrogen) atoms. The van der Waals surface area contributed by atoms with Gasteiger partial charge in [0.1, 0.15) is 0 Å². The summed E-state index contributed by atoms with van der Waals surface area (Å²) < 4.78 is 0.874. The second kappa shape index (κ2) is 5.32. The third-order valence-electron chi connectivity index (χ3n) is 1.69. The Bertz CT molecular complexity index is 423. The van der Waals surface area contributed by atoms with Crippen molar-refractivity contribution in [1.82, 2.24) is 0 Å². The maximum Gasteiger partial charge on any atom is 0.344 e. The number of hydrogen-bond acceptors (Lipinski definition) is 3. The Morgan fingerprint density at radius 2 is 1.62 bits per heavy atom. The molecule has 0 aliphatic rings. The molecule has 0 unspecified atom stereocenters. The van der Waals surface area contributed by atoms with Crippen LogP contribution in [0.2, 0.25) is 0 Å². The standard InChI is InChI=1S/C10H8BrNO4/c11-6-1-3-7(4-2-6)12-5-8(9(13)14)10(15)16/h1-5,12H,(H,13,14)(H,15,16). The van der Waals surface area contributed by atoms with Gasteiger partial charge in [-0.25, -0.2) is 9.59 Å². The van der Waals surface area contributed by atoms with Crippen LogP contribution >= 0.6 is 15.9 Å². The molecule has 0 aromatic heterocycles. The molecular weight excluding hydrogens is 278 g/mol. The van der Waals surface area contributed by atoms with Gasteiger partial charge in [0.05, 0.1) is 0 Å². The molecule has 84 valence electrons. The topological polar surface area (TPSA) is 86.6 Å². The summed E-state index contributed by atoms with van der Waals surface area (Å²) in [6, 6.07) is 6.86. The van der Waals surface area contributed by atoms with E-state index in [2.05, 4.69) is 21.2 Å². The number of carbonyl (C=O) groups is 2. The van der Waals surface area contributed by atoms with Crippen LogP contribution < -0.4 is 5.32 Å². The van der Waals surface area contributed by atoms with Crippen molar-refractivity contribution >= 4 is 33.6 Å². The summed E-state index contributed by atoms with van der Waals surface area (Å²) in [6.45, 7) is 0. The first-order valence-corrected chi connectivity index (χ1v) is 4.99. The summed E-state index contributed by atoms with van der Waals surface area (Å²) >= 11 is 3.24. The van der Waals surface area contributed by atoms with Crippen LogP contribution in [0.3, 0.4) is 0 Å². The van der Waals surface area contributed by atoms with Crippen LogP contribution in [0, 0.1) is 0 Å². The average Bonchev–Trinajstić information content (AvgIpc) is 2.20. The largest absolute Gasteiger partial charge is 0.477 e. The molecule has 0 bridgehead atoms. The van der Waals surface area contributed by atoms with Crippen molar-refractivity contribution in [1.29, 1.82) is 0 Å². The summed E-state index contributed by atoms with van der Waals surface area (Å²) in [5.41, 5.74) is -0.119. The number of carboxylic acid groups (broad SMARTS) is 2. The fourth-order valence-corrected chi connectivity index (χ4v) is 1.18. The normalized spacial score (nSPS) is 9.31. The van der Waals surface area contributed by atoms with Crippen molar-refractivity contribution in [2.75, 3.05) is 5.32 Å². The van der Waals surface area contributed by atoms with Gasteiger partial charge in [0.2, 0.25) is 0 Å². The van der Waals surface area contributed by atoms with E-state index in [-0.39, 0.29) is 0 Å². The van der Waals surface area contributed by atoms with E-state index in [0.717, 1.165) is 10.7 Å². The lowest BCUT2D eigenvalue weighted by Crippen LogP contribution is -2.12. The SMILES string of the molecule is O=C(O)C(=CNc1ccc(Br)cc1)C(=O)O. The lowest BCUT2D eigenvalue weighted by molar-refractivity contribution is -0.140. The minimum atomic E-state index is -1.49. The molecule has 0 aliphatic carbocycles. The van der Waals surface area contributed by atoms with E-state index < -0.39 is 17.5 Å². The van der Waals surface area contributed by atoms with E-state index in [1.165, 1.54) is 0 Å². The molecule has 1 aromatic rings. The van der Waals surface area contributed by atoms with E-state index >= 15 is 0 Å². The average molecular weight is 286 g/mol. The highest BCUT2D eigenvalue weighted by Crippen LogP contribution is 2.14. The molecule has 0 atom stereocenters. The Morgan fingerprint density at radius 3 is 2.06 bits per heavy atom. The maximum atomic E-state index is 10.5. The molecule has 0 spiro atoms. The van der Waals surface area contributed by atoms with Crippen LogP contribution in [-0.2, 0) is 9.59 Å². The van der Waals surface area contributed by atoms with Crippen LogP contribution in [0.4, 0.5) is 5.69 Å². The van der Waals surface area contributed by atoms with E-state index in [9.17, 15) is 9.59 Å². The second-order valence-electron chi connectivity index (χ2n) is 2.82. The number of rotatable bonds is 4. The van der Waals surface area contributed by atoms with Crippen LogP contribution in [0.1, 0.15) is 0 Å². The molecule has 1 aromatic carbocycles. The molecule has 0 saturated carbocycles. The summed E-state index contributed by atoms with van der Waals surface area (Å²) in [6.07, 6.45) is 0.938. The predicted octanol–water partition coefficient (Wildman–Crippen LogP) is 1.91. The van der Waals surface area contributed by atoms with Crippen LogP contribution in [0.5, 0.6) is 0 Å². The number of benzene rings is 1. The van der Waals surface area contributed by atoms with E-state index in [4.69, 9.17) is 10.2 Å². The van der Waals surface area contributed by atoms with E-state index in [0.29, 0.717) is 5.69 Å². The molecule has 0 fully saturated rings. The summed E-state index contributed by atoms with van der Waals surface area (Å²) in [5, 5.41) is 19.7. The Morgan fingerprint density at radius 1 is 1.12 bits per heavy atom. The van der Waals surface area contributed by atoms with Crippen molar-refractivity contribution in [3.63, 3.8) is 0 Å². The third kappa shape index (κ3) is 3.39. The first-order valence-electron chi connectivity index (χ1n) is 4.19. The van der Waals surface area contributed by atoms with Crippen LogP contribution in [0.25, 0.3) is 0 Å². The molecule has 0 amide bonds. The van der Waals surface area contributed by atoms with Gasteiger partial charge in [-0.2, -0.15) is 0 Å². The number of hydrogen-bond donors (Lipinski definition) is 3. The third-order valence-corrected chi connectivity index (χ3v) is 2.22. The molecular formula is C10H8BrNO4. The summed E-state index contributed by atoms with van der Waals surface area (Å²) in [4.78, 5) is 21.0. The van der Waals surface area contributed by atoms with Gasteiger partial charge in [0.15, 0.2) is 5.57 Å². The molecule has 6 heteroatoms. The van der Waals surface area contributed by atoms with Gasteiger partial charge in [-0.3, -0.25) is 0 Å². The van der Waals surface area contributed by atoms with Gasteiger partial charge >= 0.3 is 11.9 Å². The zero-order valence-corrected chi connectivity index (χ0v) is 9.56. The lowest BCUT2D eigenvalue weighted by Gasteiger charge is -2.01. The van der Waals surface area contributed by atoms with Crippen molar-refractivity contribution in [3.05, 3.63) is 40.5 Å². The van der Waals surface area contributed by atoms with Gasteiger partial charge in [0.25, 0.3) is 0 Å². The predicted molar refractivity (Wildman–Crippen MR) is 61.1 cm³/mol. The quantitative estimate of drug-likeness (QED) is 0.447. The Hall–Kier alpha value is -1.82. The second-order valence-corrected chi connectivity index (χ2v) is 3.74. The lowest BCUT2D eigenvalue weighted by atomic mass is 10.3. The monoisotopic (exact) mass is 285 g/mol. The smallest absolute Gasteiger partial charge is 0.344 e.